The molecule has 0 heterocycles. The lowest BCUT2D eigenvalue weighted by molar-refractivity contribution is 0.356. The van der Waals surface area contributed by atoms with E-state index in [4.69, 9.17) is 9.47 Å². The Labute approximate surface area is 118 Å². The summed E-state index contributed by atoms with van der Waals surface area (Å²) in [4.78, 5) is 0. The lowest BCUT2D eigenvalue weighted by atomic mass is 10.0. The normalized spacial score (nSPS) is 10.4. The van der Waals surface area contributed by atoms with Gasteiger partial charge in [0.2, 0.25) is 0 Å². The van der Waals surface area contributed by atoms with E-state index in [1.807, 2.05) is 24.3 Å². The minimum absolute atomic E-state index is 0.218. The van der Waals surface area contributed by atoms with E-state index < -0.39 is 0 Å². The molecule has 0 aliphatic rings. The van der Waals surface area contributed by atoms with Crippen LogP contribution in [0.25, 0.3) is 11.1 Å². The summed E-state index contributed by atoms with van der Waals surface area (Å²) in [6.07, 6.45) is 0. The summed E-state index contributed by atoms with van der Waals surface area (Å²) in [5.41, 5.74) is 2.39. The third-order valence-corrected chi connectivity index (χ3v) is 3.13. The second-order valence-electron chi connectivity index (χ2n) is 4.38. The number of ether oxygens (including phenoxy) is 2. The first-order chi connectivity index (χ1) is 9.71. The SMILES string of the molecule is CNCc1cc(-c2cccc(OC)c2OC)ccc1F. The Bertz CT molecular complexity index is 599. The molecular weight excluding hydrogens is 257 g/mol. The van der Waals surface area contributed by atoms with Crippen LogP contribution in [0.5, 0.6) is 11.5 Å². The molecule has 0 bridgehead atoms. The Morgan fingerprint density at radius 3 is 2.55 bits per heavy atom. The van der Waals surface area contributed by atoms with E-state index in [-0.39, 0.29) is 5.82 Å². The summed E-state index contributed by atoms with van der Waals surface area (Å²) in [5, 5.41) is 2.96. The summed E-state index contributed by atoms with van der Waals surface area (Å²) in [6, 6.07) is 10.7. The van der Waals surface area contributed by atoms with Gasteiger partial charge in [-0.1, -0.05) is 18.2 Å². The average Bonchev–Trinajstić information content (AvgIpc) is 2.48. The van der Waals surface area contributed by atoms with Crippen molar-refractivity contribution in [2.45, 2.75) is 6.54 Å². The van der Waals surface area contributed by atoms with Crippen molar-refractivity contribution in [1.29, 1.82) is 0 Å². The van der Waals surface area contributed by atoms with Crippen LogP contribution in [0.1, 0.15) is 5.56 Å². The first-order valence-electron chi connectivity index (χ1n) is 6.35. The van der Waals surface area contributed by atoms with E-state index in [0.29, 0.717) is 23.6 Å². The van der Waals surface area contributed by atoms with Crippen LogP contribution in [0.4, 0.5) is 4.39 Å². The van der Waals surface area contributed by atoms with Crippen molar-refractivity contribution in [3.63, 3.8) is 0 Å². The van der Waals surface area contributed by atoms with Crippen LogP contribution in [-0.4, -0.2) is 21.3 Å². The standard InChI is InChI=1S/C16H18FNO2/c1-18-10-12-9-11(7-8-14(12)17)13-5-4-6-15(19-2)16(13)20-3/h4-9,18H,10H2,1-3H3. The quantitative estimate of drug-likeness (QED) is 0.908. The van der Waals surface area contributed by atoms with Crippen LogP contribution in [0.3, 0.4) is 0 Å². The number of halogens is 1. The number of methoxy groups -OCH3 is 2. The average molecular weight is 275 g/mol. The molecule has 3 nitrogen and oxygen atoms in total. The molecule has 0 saturated heterocycles. The summed E-state index contributed by atoms with van der Waals surface area (Å²) in [7, 11) is 4.98. The van der Waals surface area contributed by atoms with Gasteiger partial charge in [-0.05, 0) is 30.8 Å². The smallest absolute Gasteiger partial charge is 0.168 e. The number of hydrogen-bond acceptors (Lipinski definition) is 3. The Morgan fingerprint density at radius 1 is 1.10 bits per heavy atom. The fraction of sp³-hybridized carbons (Fsp3) is 0.250. The van der Waals surface area contributed by atoms with Gasteiger partial charge in [-0.3, -0.25) is 0 Å². The van der Waals surface area contributed by atoms with Gasteiger partial charge >= 0.3 is 0 Å². The summed E-state index contributed by atoms with van der Waals surface area (Å²) in [5.74, 6) is 1.09. The topological polar surface area (TPSA) is 30.5 Å². The Morgan fingerprint density at radius 2 is 1.90 bits per heavy atom. The van der Waals surface area contributed by atoms with E-state index in [1.54, 1.807) is 27.3 Å². The molecule has 106 valence electrons. The molecule has 2 rings (SSSR count). The molecule has 0 unspecified atom stereocenters. The Kier molecular flexibility index (Phi) is 4.58. The number of benzene rings is 2. The largest absolute Gasteiger partial charge is 0.493 e. The minimum Gasteiger partial charge on any atom is -0.493 e. The number of hydrogen-bond donors (Lipinski definition) is 1. The number of para-hydroxylation sites is 1. The number of nitrogens with one attached hydrogen (secondary N) is 1. The van der Waals surface area contributed by atoms with E-state index in [2.05, 4.69) is 5.32 Å². The highest BCUT2D eigenvalue weighted by atomic mass is 19.1. The molecule has 0 saturated carbocycles. The Hall–Kier alpha value is -2.07. The van der Waals surface area contributed by atoms with E-state index >= 15 is 0 Å². The van der Waals surface area contributed by atoms with Crippen molar-refractivity contribution >= 4 is 0 Å². The molecule has 0 amide bonds. The third kappa shape index (κ3) is 2.75. The molecule has 2 aromatic rings. The van der Waals surface area contributed by atoms with Gasteiger partial charge in [0, 0.05) is 17.7 Å². The van der Waals surface area contributed by atoms with Crippen LogP contribution in [0.2, 0.25) is 0 Å². The van der Waals surface area contributed by atoms with Gasteiger partial charge < -0.3 is 14.8 Å². The van der Waals surface area contributed by atoms with Crippen LogP contribution >= 0.6 is 0 Å². The molecule has 0 aliphatic carbocycles. The van der Waals surface area contributed by atoms with Gasteiger partial charge in [-0.2, -0.15) is 0 Å². The highest BCUT2D eigenvalue weighted by Crippen LogP contribution is 2.38. The molecule has 0 aliphatic heterocycles. The molecule has 0 radical (unpaired) electrons. The van der Waals surface area contributed by atoms with Gasteiger partial charge in [-0.25, -0.2) is 4.39 Å². The van der Waals surface area contributed by atoms with Crippen LogP contribution in [-0.2, 0) is 6.54 Å². The van der Waals surface area contributed by atoms with Crippen LogP contribution < -0.4 is 14.8 Å². The van der Waals surface area contributed by atoms with E-state index in [0.717, 1.165) is 11.1 Å². The first kappa shape index (κ1) is 14.3. The maximum Gasteiger partial charge on any atom is 0.168 e. The zero-order valence-corrected chi connectivity index (χ0v) is 11.9. The zero-order valence-electron chi connectivity index (χ0n) is 11.9. The molecule has 2 aromatic carbocycles. The highest BCUT2D eigenvalue weighted by molar-refractivity contribution is 5.74. The van der Waals surface area contributed by atoms with Gasteiger partial charge in [-0.15, -0.1) is 0 Å². The van der Waals surface area contributed by atoms with Crippen molar-refractivity contribution in [2.24, 2.45) is 0 Å². The molecule has 0 spiro atoms. The lowest BCUT2D eigenvalue weighted by Gasteiger charge is -2.13. The van der Waals surface area contributed by atoms with Crippen LogP contribution in [0.15, 0.2) is 36.4 Å². The molecule has 0 fully saturated rings. The molecule has 0 atom stereocenters. The fourth-order valence-corrected chi connectivity index (χ4v) is 2.18. The summed E-state index contributed by atoms with van der Waals surface area (Å²) < 4.78 is 24.4. The van der Waals surface area contributed by atoms with Gasteiger partial charge in [0.05, 0.1) is 14.2 Å². The van der Waals surface area contributed by atoms with Crippen molar-refractivity contribution in [2.75, 3.05) is 21.3 Å². The third-order valence-electron chi connectivity index (χ3n) is 3.13. The summed E-state index contributed by atoms with van der Waals surface area (Å²) in [6.45, 7) is 0.478. The maximum atomic E-state index is 13.7. The van der Waals surface area contributed by atoms with E-state index in [1.165, 1.54) is 6.07 Å². The van der Waals surface area contributed by atoms with Gasteiger partial charge in [0.1, 0.15) is 5.82 Å². The fourth-order valence-electron chi connectivity index (χ4n) is 2.18. The molecular formula is C16H18FNO2. The highest BCUT2D eigenvalue weighted by Gasteiger charge is 2.12. The number of rotatable bonds is 5. The van der Waals surface area contributed by atoms with Crippen molar-refractivity contribution in [3.8, 4) is 22.6 Å². The molecule has 20 heavy (non-hydrogen) atoms. The molecule has 1 N–H and O–H groups in total. The predicted molar refractivity (Wildman–Crippen MR) is 77.7 cm³/mol. The predicted octanol–water partition coefficient (Wildman–Crippen LogP) is 3.23. The maximum absolute atomic E-state index is 13.7. The zero-order chi connectivity index (χ0) is 14.5. The molecule has 0 aromatic heterocycles. The van der Waals surface area contributed by atoms with Gasteiger partial charge in [0.25, 0.3) is 0 Å². The monoisotopic (exact) mass is 275 g/mol. The van der Waals surface area contributed by atoms with Crippen LogP contribution in [0, 0.1) is 5.82 Å². The first-order valence-corrected chi connectivity index (χ1v) is 6.35. The van der Waals surface area contributed by atoms with Crippen molar-refractivity contribution in [3.05, 3.63) is 47.8 Å². The molecule has 4 heteroatoms. The second-order valence-corrected chi connectivity index (χ2v) is 4.38. The van der Waals surface area contributed by atoms with Gasteiger partial charge in [0.15, 0.2) is 11.5 Å². The van der Waals surface area contributed by atoms with Crippen molar-refractivity contribution in [1.82, 2.24) is 5.32 Å². The second kappa shape index (κ2) is 6.39. The van der Waals surface area contributed by atoms with Crippen molar-refractivity contribution < 1.29 is 13.9 Å². The minimum atomic E-state index is -0.218. The Balaban J connectivity index is 2.53. The summed E-state index contributed by atoms with van der Waals surface area (Å²) >= 11 is 0. The van der Waals surface area contributed by atoms with E-state index in [9.17, 15) is 4.39 Å². The lowest BCUT2D eigenvalue weighted by Crippen LogP contribution is -2.07.